The second-order valence-corrected chi connectivity index (χ2v) is 5.35. The average molecular weight is 311 g/mol. The maximum atomic E-state index is 12.3. The maximum Gasteiger partial charge on any atom is 0.312 e. The van der Waals surface area contributed by atoms with Gasteiger partial charge in [0.1, 0.15) is 17.5 Å². The predicted octanol–water partition coefficient (Wildman–Crippen LogP) is 2.05. The molecule has 6 nitrogen and oxygen atoms in total. The standard InChI is InChI=1S/C17H17N3O3/c1-10(19-17(18)22)16(21)20-15-11-6-2-4-8-13(11)23-14-9-5-3-7-12(14)15/h2-10,15H,1H3,(H,20,21)(H3,18,19,22)/t10-/m1/s1. The first-order chi connectivity index (χ1) is 11.1. The summed E-state index contributed by atoms with van der Waals surface area (Å²) in [6, 6.07) is 13.2. The number of hydrogen-bond donors (Lipinski definition) is 3. The summed E-state index contributed by atoms with van der Waals surface area (Å²) in [5, 5.41) is 5.32. The summed E-state index contributed by atoms with van der Waals surface area (Å²) in [5.74, 6) is 1.08. The molecule has 4 N–H and O–H groups in total. The Morgan fingerprint density at radius 3 is 2.09 bits per heavy atom. The number of fused-ring (bicyclic) bond motifs is 2. The van der Waals surface area contributed by atoms with Crippen molar-refractivity contribution in [3.63, 3.8) is 0 Å². The van der Waals surface area contributed by atoms with Crippen LogP contribution in [-0.2, 0) is 4.79 Å². The van der Waals surface area contributed by atoms with E-state index in [-0.39, 0.29) is 11.9 Å². The number of carbonyl (C=O) groups is 2. The van der Waals surface area contributed by atoms with Gasteiger partial charge in [0.2, 0.25) is 5.91 Å². The molecule has 23 heavy (non-hydrogen) atoms. The van der Waals surface area contributed by atoms with Crippen LogP contribution in [0.3, 0.4) is 0 Å². The molecular formula is C17H17N3O3. The van der Waals surface area contributed by atoms with E-state index in [9.17, 15) is 9.59 Å². The Hall–Kier alpha value is -3.02. The van der Waals surface area contributed by atoms with Gasteiger partial charge in [0.15, 0.2) is 0 Å². The number of rotatable bonds is 3. The lowest BCUT2D eigenvalue weighted by molar-refractivity contribution is -0.123. The molecule has 1 atom stereocenters. The molecule has 0 fully saturated rings. The number of carbonyl (C=O) groups excluding carboxylic acids is 2. The number of urea groups is 1. The SMILES string of the molecule is C[C@@H](NC(N)=O)C(=O)NC1c2ccccc2Oc2ccccc21. The number of nitrogens with two attached hydrogens (primary N) is 1. The lowest BCUT2D eigenvalue weighted by Gasteiger charge is -2.29. The van der Waals surface area contributed by atoms with Crippen LogP contribution in [0.5, 0.6) is 11.5 Å². The topological polar surface area (TPSA) is 93.5 Å². The number of hydrogen-bond acceptors (Lipinski definition) is 3. The van der Waals surface area contributed by atoms with E-state index in [1.165, 1.54) is 0 Å². The number of ether oxygens (including phenoxy) is 1. The quantitative estimate of drug-likeness (QED) is 0.810. The van der Waals surface area contributed by atoms with Crippen molar-refractivity contribution in [2.24, 2.45) is 5.73 Å². The fourth-order valence-electron chi connectivity index (χ4n) is 2.61. The molecule has 2 aromatic carbocycles. The van der Waals surface area contributed by atoms with Crippen molar-refractivity contribution in [3.8, 4) is 11.5 Å². The Morgan fingerprint density at radius 2 is 1.57 bits per heavy atom. The van der Waals surface area contributed by atoms with Crippen LogP contribution in [0.2, 0.25) is 0 Å². The molecule has 0 saturated heterocycles. The van der Waals surface area contributed by atoms with E-state index >= 15 is 0 Å². The summed E-state index contributed by atoms with van der Waals surface area (Å²) < 4.78 is 5.87. The summed E-state index contributed by atoms with van der Waals surface area (Å²) in [7, 11) is 0. The Kier molecular flexibility index (Phi) is 3.89. The summed E-state index contributed by atoms with van der Waals surface area (Å²) in [6.07, 6.45) is 0. The van der Waals surface area contributed by atoms with E-state index < -0.39 is 12.1 Å². The Bertz CT molecular complexity index is 715. The van der Waals surface area contributed by atoms with Gasteiger partial charge in [-0.15, -0.1) is 0 Å². The van der Waals surface area contributed by atoms with Crippen LogP contribution in [0, 0.1) is 0 Å². The number of nitrogens with one attached hydrogen (secondary N) is 2. The minimum Gasteiger partial charge on any atom is -0.457 e. The van der Waals surface area contributed by atoms with Gasteiger partial charge in [0, 0.05) is 11.1 Å². The van der Waals surface area contributed by atoms with Crippen molar-refractivity contribution in [2.75, 3.05) is 0 Å². The fraction of sp³-hybridized carbons (Fsp3) is 0.176. The van der Waals surface area contributed by atoms with Crippen LogP contribution in [0.1, 0.15) is 24.1 Å². The highest BCUT2D eigenvalue weighted by Gasteiger charge is 2.29. The third-order valence-electron chi connectivity index (χ3n) is 3.72. The minimum absolute atomic E-state index is 0.319. The molecule has 3 rings (SSSR count). The van der Waals surface area contributed by atoms with Gasteiger partial charge in [-0.3, -0.25) is 4.79 Å². The van der Waals surface area contributed by atoms with Gasteiger partial charge in [0.05, 0.1) is 6.04 Å². The van der Waals surface area contributed by atoms with Crippen LogP contribution in [-0.4, -0.2) is 18.0 Å². The molecule has 6 heteroatoms. The van der Waals surface area contributed by atoms with Gasteiger partial charge in [-0.2, -0.15) is 0 Å². The van der Waals surface area contributed by atoms with Gasteiger partial charge in [0.25, 0.3) is 0 Å². The summed E-state index contributed by atoms with van der Waals surface area (Å²) in [6.45, 7) is 1.58. The van der Waals surface area contributed by atoms with Crippen molar-refractivity contribution >= 4 is 11.9 Å². The largest absolute Gasteiger partial charge is 0.457 e. The van der Waals surface area contributed by atoms with Gasteiger partial charge in [-0.1, -0.05) is 36.4 Å². The van der Waals surface area contributed by atoms with E-state index in [1.54, 1.807) is 6.92 Å². The van der Waals surface area contributed by atoms with Gasteiger partial charge < -0.3 is 21.1 Å². The molecule has 2 aromatic rings. The predicted molar refractivity (Wildman–Crippen MR) is 85.1 cm³/mol. The molecule has 0 unspecified atom stereocenters. The number of primary amides is 1. The van der Waals surface area contributed by atoms with Gasteiger partial charge >= 0.3 is 6.03 Å². The molecule has 0 bridgehead atoms. The molecule has 0 saturated carbocycles. The molecule has 0 spiro atoms. The van der Waals surface area contributed by atoms with E-state index in [2.05, 4.69) is 10.6 Å². The lowest BCUT2D eigenvalue weighted by atomic mass is 9.94. The van der Waals surface area contributed by atoms with Gasteiger partial charge in [-0.25, -0.2) is 4.79 Å². The minimum atomic E-state index is -0.736. The molecule has 1 heterocycles. The highest BCUT2D eigenvalue weighted by atomic mass is 16.5. The maximum absolute atomic E-state index is 12.3. The second-order valence-electron chi connectivity index (χ2n) is 5.35. The smallest absolute Gasteiger partial charge is 0.312 e. The van der Waals surface area contributed by atoms with Crippen LogP contribution in [0.15, 0.2) is 48.5 Å². The van der Waals surface area contributed by atoms with Crippen LogP contribution >= 0.6 is 0 Å². The van der Waals surface area contributed by atoms with E-state index in [1.807, 2.05) is 48.5 Å². The first-order valence-electron chi connectivity index (χ1n) is 7.28. The zero-order valence-corrected chi connectivity index (χ0v) is 12.6. The first-order valence-corrected chi connectivity index (χ1v) is 7.28. The zero-order chi connectivity index (χ0) is 16.4. The molecule has 0 aliphatic carbocycles. The molecule has 0 aromatic heterocycles. The Morgan fingerprint density at radius 1 is 1.04 bits per heavy atom. The zero-order valence-electron chi connectivity index (χ0n) is 12.6. The fourth-order valence-corrected chi connectivity index (χ4v) is 2.61. The highest BCUT2D eigenvalue weighted by molar-refractivity contribution is 5.87. The van der Waals surface area contributed by atoms with Crippen molar-refractivity contribution in [2.45, 2.75) is 19.0 Å². The summed E-state index contributed by atoms with van der Waals surface area (Å²) in [4.78, 5) is 23.3. The average Bonchev–Trinajstić information content (AvgIpc) is 2.53. The molecule has 1 aliphatic rings. The molecular weight excluding hydrogens is 294 g/mol. The van der Waals surface area contributed by atoms with Crippen LogP contribution in [0.4, 0.5) is 4.79 Å². The molecule has 0 radical (unpaired) electrons. The van der Waals surface area contributed by atoms with E-state index in [0.29, 0.717) is 11.5 Å². The van der Waals surface area contributed by atoms with Crippen molar-refractivity contribution in [3.05, 3.63) is 59.7 Å². The summed E-state index contributed by atoms with van der Waals surface area (Å²) in [5.41, 5.74) is 6.80. The number of benzene rings is 2. The third-order valence-corrected chi connectivity index (χ3v) is 3.72. The molecule has 3 amide bonds. The lowest BCUT2D eigenvalue weighted by Crippen LogP contribution is -2.48. The van der Waals surface area contributed by atoms with Crippen molar-refractivity contribution in [1.82, 2.24) is 10.6 Å². The second kappa shape index (κ2) is 6.00. The van der Waals surface area contributed by atoms with E-state index in [0.717, 1.165) is 11.1 Å². The molecule has 118 valence electrons. The first kappa shape index (κ1) is 14.9. The van der Waals surface area contributed by atoms with Crippen molar-refractivity contribution in [1.29, 1.82) is 0 Å². The molecule has 1 aliphatic heterocycles. The van der Waals surface area contributed by atoms with Crippen molar-refractivity contribution < 1.29 is 14.3 Å². The third kappa shape index (κ3) is 2.96. The summed E-state index contributed by atoms with van der Waals surface area (Å²) >= 11 is 0. The normalized spacial score (nSPS) is 14.0. The number of para-hydroxylation sites is 2. The van der Waals surface area contributed by atoms with Crippen LogP contribution < -0.4 is 21.1 Å². The number of amides is 3. The highest BCUT2D eigenvalue weighted by Crippen LogP contribution is 2.42. The Labute approximate surface area is 133 Å². The van der Waals surface area contributed by atoms with Crippen LogP contribution in [0.25, 0.3) is 0 Å². The Balaban J connectivity index is 1.92. The van der Waals surface area contributed by atoms with E-state index in [4.69, 9.17) is 10.5 Å². The monoisotopic (exact) mass is 311 g/mol. The van der Waals surface area contributed by atoms with Gasteiger partial charge in [-0.05, 0) is 19.1 Å².